The maximum atomic E-state index is 12.2. The monoisotopic (exact) mass is 328 g/mol. The Labute approximate surface area is 129 Å². The zero-order valence-corrected chi connectivity index (χ0v) is 14.2. The molecule has 0 amide bonds. The predicted octanol–water partition coefficient (Wildman–Crippen LogP) is 1.92. The summed E-state index contributed by atoms with van der Waals surface area (Å²) in [6, 6.07) is -0.0838. The van der Waals surface area contributed by atoms with Crippen molar-refractivity contribution in [2.45, 2.75) is 39.7 Å². The van der Waals surface area contributed by atoms with Gasteiger partial charge in [-0.15, -0.1) is 0 Å². The number of ketones is 1. The maximum Gasteiger partial charge on any atom is 0.186 e. The Morgan fingerprint density at radius 1 is 1.33 bits per heavy atom. The van der Waals surface area contributed by atoms with Crippen molar-refractivity contribution in [3.8, 4) is 0 Å². The van der Waals surface area contributed by atoms with Crippen molar-refractivity contribution in [2.75, 3.05) is 23.0 Å². The first-order valence-corrected chi connectivity index (χ1v) is 9.81. The number of hydrogen-bond acceptors (Lipinski definition) is 6. The molecule has 5 nitrogen and oxygen atoms in total. The van der Waals surface area contributed by atoms with Gasteiger partial charge in [-0.25, -0.2) is 13.4 Å². The highest BCUT2D eigenvalue weighted by molar-refractivity contribution is 7.91. The van der Waals surface area contributed by atoms with Crippen molar-refractivity contribution in [3.05, 3.63) is 10.6 Å². The number of thiazole rings is 1. The second-order valence-corrected chi connectivity index (χ2v) is 10.1. The molecule has 21 heavy (non-hydrogen) atoms. The first kappa shape index (κ1) is 15.0. The predicted molar refractivity (Wildman–Crippen MR) is 84.0 cm³/mol. The number of Topliss-reactive ketones (excluding diaryl/α,β-unsaturated/α-hetero) is 1. The van der Waals surface area contributed by atoms with Crippen LogP contribution < -0.4 is 4.90 Å². The van der Waals surface area contributed by atoms with Gasteiger partial charge in [0.25, 0.3) is 0 Å². The highest BCUT2D eigenvalue weighted by atomic mass is 32.2. The molecule has 1 aliphatic carbocycles. The molecule has 0 saturated carbocycles. The molecule has 0 radical (unpaired) electrons. The van der Waals surface area contributed by atoms with Gasteiger partial charge in [0.05, 0.1) is 22.1 Å². The summed E-state index contributed by atoms with van der Waals surface area (Å²) in [5.41, 5.74) is 0.851. The molecule has 1 aromatic rings. The number of fused-ring (bicyclic) bond motifs is 1. The Bertz CT molecular complexity index is 691. The van der Waals surface area contributed by atoms with E-state index in [2.05, 4.69) is 18.8 Å². The maximum absolute atomic E-state index is 12.2. The molecular formula is C14H20N2O3S2. The molecular weight excluding hydrogens is 308 g/mol. The fourth-order valence-corrected chi connectivity index (χ4v) is 5.82. The van der Waals surface area contributed by atoms with E-state index >= 15 is 0 Å². The van der Waals surface area contributed by atoms with E-state index in [1.54, 1.807) is 0 Å². The molecule has 2 heterocycles. The van der Waals surface area contributed by atoms with E-state index in [-0.39, 0.29) is 28.7 Å². The number of nitrogens with zero attached hydrogens (tertiary/aromatic N) is 2. The van der Waals surface area contributed by atoms with Crippen molar-refractivity contribution >= 4 is 32.1 Å². The van der Waals surface area contributed by atoms with Crippen molar-refractivity contribution in [1.82, 2.24) is 4.98 Å². The standard InChI is InChI=1S/C14H20N2O3S2/c1-9-8-21(18,19)5-4-16(9)13-15-10-6-14(2,3)7-11(17)12(10)20-13/h9H,4-8H2,1-3H3. The van der Waals surface area contributed by atoms with Crippen LogP contribution in [0.2, 0.25) is 0 Å². The summed E-state index contributed by atoms with van der Waals surface area (Å²) in [5.74, 6) is 0.500. The van der Waals surface area contributed by atoms with Crippen LogP contribution in [0.5, 0.6) is 0 Å². The van der Waals surface area contributed by atoms with Crippen molar-refractivity contribution in [1.29, 1.82) is 0 Å². The quantitative estimate of drug-likeness (QED) is 0.788. The molecule has 116 valence electrons. The Kier molecular flexibility index (Phi) is 3.40. The number of carbonyl (C=O) groups excluding carboxylic acids is 1. The van der Waals surface area contributed by atoms with Gasteiger partial charge in [-0.05, 0) is 18.8 Å². The fourth-order valence-electron chi connectivity index (χ4n) is 3.11. The number of sulfone groups is 1. The lowest BCUT2D eigenvalue weighted by Gasteiger charge is -2.32. The van der Waals surface area contributed by atoms with E-state index in [0.717, 1.165) is 22.1 Å². The molecule has 0 aromatic carbocycles. The number of hydrogen-bond donors (Lipinski definition) is 0. The molecule has 1 unspecified atom stereocenters. The average Bonchev–Trinajstić information content (AvgIpc) is 2.69. The third-order valence-corrected chi connectivity index (χ3v) is 7.11. The SMILES string of the molecule is CC1CS(=O)(=O)CCN1c1nc2c(s1)C(=O)CC(C)(C)C2. The van der Waals surface area contributed by atoms with Crippen LogP contribution in [-0.2, 0) is 16.3 Å². The lowest BCUT2D eigenvalue weighted by molar-refractivity contribution is 0.0916. The Hall–Kier alpha value is -0.950. The Balaban J connectivity index is 1.91. The minimum absolute atomic E-state index is 0.0354. The summed E-state index contributed by atoms with van der Waals surface area (Å²) in [7, 11) is -2.94. The first-order valence-electron chi connectivity index (χ1n) is 7.17. The fraction of sp³-hybridized carbons (Fsp3) is 0.714. The lowest BCUT2D eigenvalue weighted by Crippen LogP contribution is -2.47. The van der Waals surface area contributed by atoms with Crippen molar-refractivity contribution in [2.24, 2.45) is 5.41 Å². The van der Waals surface area contributed by atoms with E-state index in [1.807, 2.05) is 11.8 Å². The van der Waals surface area contributed by atoms with Gasteiger partial charge in [-0.1, -0.05) is 25.2 Å². The number of carbonyl (C=O) groups is 1. The molecule has 7 heteroatoms. The molecule has 2 aliphatic rings. The zero-order valence-electron chi connectivity index (χ0n) is 12.5. The molecule has 0 bridgehead atoms. The molecule has 1 fully saturated rings. The minimum atomic E-state index is -2.94. The van der Waals surface area contributed by atoms with Gasteiger partial charge in [-0.2, -0.15) is 0 Å². The molecule has 1 aromatic heterocycles. The van der Waals surface area contributed by atoms with E-state index in [9.17, 15) is 13.2 Å². The summed E-state index contributed by atoms with van der Waals surface area (Å²) in [5, 5.41) is 0.799. The van der Waals surface area contributed by atoms with Gasteiger partial charge in [0.2, 0.25) is 0 Å². The smallest absolute Gasteiger partial charge is 0.186 e. The van der Waals surface area contributed by atoms with Gasteiger partial charge < -0.3 is 4.90 Å². The van der Waals surface area contributed by atoms with Crippen molar-refractivity contribution < 1.29 is 13.2 Å². The molecule has 1 atom stereocenters. The molecule has 3 rings (SSSR count). The number of anilines is 1. The number of rotatable bonds is 1. The van der Waals surface area contributed by atoms with Crippen LogP contribution in [0, 0.1) is 5.41 Å². The summed E-state index contributed by atoms with van der Waals surface area (Å²) in [6.07, 6.45) is 1.37. The van der Waals surface area contributed by atoms with Crippen molar-refractivity contribution in [3.63, 3.8) is 0 Å². The molecule has 0 N–H and O–H groups in total. The van der Waals surface area contributed by atoms with Crippen LogP contribution in [0.4, 0.5) is 5.13 Å². The normalized spacial score (nSPS) is 27.5. The second-order valence-electron chi connectivity index (χ2n) is 6.87. The van der Waals surface area contributed by atoms with Crippen LogP contribution in [0.3, 0.4) is 0 Å². The van der Waals surface area contributed by atoms with Gasteiger partial charge in [-0.3, -0.25) is 4.79 Å². The van der Waals surface area contributed by atoms with Gasteiger partial charge >= 0.3 is 0 Å². The van der Waals surface area contributed by atoms with Crippen LogP contribution in [0.25, 0.3) is 0 Å². The van der Waals surface area contributed by atoms with E-state index < -0.39 is 9.84 Å². The average molecular weight is 328 g/mol. The van der Waals surface area contributed by atoms with Gasteiger partial charge in [0.1, 0.15) is 0 Å². The molecule has 1 aliphatic heterocycles. The highest BCUT2D eigenvalue weighted by Crippen LogP contribution is 2.39. The highest BCUT2D eigenvalue weighted by Gasteiger charge is 2.36. The second kappa shape index (κ2) is 4.78. The Morgan fingerprint density at radius 2 is 2.05 bits per heavy atom. The topological polar surface area (TPSA) is 67.3 Å². The lowest BCUT2D eigenvalue weighted by atomic mass is 9.78. The summed E-state index contributed by atoms with van der Waals surface area (Å²) >= 11 is 1.43. The number of aromatic nitrogens is 1. The molecule has 1 saturated heterocycles. The zero-order chi connectivity index (χ0) is 15.4. The Morgan fingerprint density at radius 3 is 2.71 bits per heavy atom. The van der Waals surface area contributed by atoms with Crippen LogP contribution in [-0.4, -0.2) is 43.3 Å². The van der Waals surface area contributed by atoms with E-state index in [1.165, 1.54) is 11.3 Å². The van der Waals surface area contributed by atoms with E-state index in [4.69, 9.17) is 0 Å². The summed E-state index contributed by atoms with van der Waals surface area (Å²) < 4.78 is 23.3. The van der Waals surface area contributed by atoms with Crippen LogP contribution >= 0.6 is 11.3 Å². The summed E-state index contributed by atoms with van der Waals surface area (Å²) in [6.45, 7) is 6.54. The van der Waals surface area contributed by atoms with Gasteiger partial charge in [0.15, 0.2) is 20.8 Å². The third kappa shape index (κ3) is 2.85. The first-order chi connectivity index (χ1) is 9.67. The van der Waals surface area contributed by atoms with E-state index in [0.29, 0.717) is 13.0 Å². The largest absolute Gasteiger partial charge is 0.343 e. The van der Waals surface area contributed by atoms with Crippen LogP contribution in [0.1, 0.15) is 42.6 Å². The summed E-state index contributed by atoms with van der Waals surface area (Å²) in [4.78, 5) is 19.7. The minimum Gasteiger partial charge on any atom is -0.343 e. The third-order valence-electron chi connectivity index (χ3n) is 4.14. The van der Waals surface area contributed by atoms with Crippen LogP contribution in [0.15, 0.2) is 0 Å². The van der Waals surface area contributed by atoms with Gasteiger partial charge in [0, 0.05) is 19.0 Å². The molecule has 0 spiro atoms.